The molecule has 0 radical (unpaired) electrons. The van der Waals surface area contributed by atoms with E-state index in [4.69, 9.17) is 14.5 Å². The molecule has 1 atom stereocenters. The summed E-state index contributed by atoms with van der Waals surface area (Å²) in [5.41, 5.74) is 3.51. The minimum Gasteiger partial charge on any atom is -0.495 e. The first-order valence-corrected chi connectivity index (χ1v) is 23.7. The van der Waals surface area contributed by atoms with Gasteiger partial charge < -0.3 is 40.1 Å². The van der Waals surface area contributed by atoms with Gasteiger partial charge in [-0.05, 0) is 111 Å². The Morgan fingerprint density at radius 2 is 1.51 bits per heavy atom. The molecule has 5 aromatic rings. The van der Waals surface area contributed by atoms with Crippen molar-refractivity contribution in [3.8, 4) is 17.2 Å². The number of halogens is 1. The van der Waals surface area contributed by atoms with E-state index in [1.165, 1.54) is 29.2 Å². The number of rotatable bonds is 15. The number of piperidine rings is 2. The molecule has 3 aromatic carbocycles. The Labute approximate surface area is 398 Å². The summed E-state index contributed by atoms with van der Waals surface area (Å²) in [5.74, 6) is 0.351. The minimum atomic E-state index is -1.17. The van der Waals surface area contributed by atoms with Gasteiger partial charge in [-0.25, -0.2) is 4.39 Å². The fraction of sp³-hybridized carbons (Fsp3) is 0.392. The summed E-state index contributed by atoms with van der Waals surface area (Å²) in [4.78, 5) is 81.6. The van der Waals surface area contributed by atoms with Gasteiger partial charge in [0.25, 0.3) is 5.91 Å². The number of ether oxygens (including phenoxy) is 2. The zero-order chi connectivity index (χ0) is 47.6. The molecular weight excluding hydrogens is 884 g/mol. The van der Waals surface area contributed by atoms with Crippen molar-refractivity contribution >= 4 is 63.2 Å². The summed E-state index contributed by atoms with van der Waals surface area (Å²) in [5, 5.41) is 12.2. The van der Waals surface area contributed by atoms with Gasteiger partial charge >= 0.3 is 0 Å². The number of pyridine rings is 2. The monoisotopic (exact) mass is 938 g/mol. The maximum atomic E-state index is 13.3. The number of hydrogen-bond acceptors (Lipinski definition) is 13. The highest BCUT2D eigenvalue weighted by Crippen LogP contribution is 2.48. The van der Waals surface area contributed by atoms with E-state index in [0.717, 1.165) is 99.8 Å². The number of carbonyl (C=O) groups excluding carboxylic acids is 5. The highest BCUT2D eigenvalue weighted by atomic mass is 19.1. The summed E-state index contributed by atoms with van der Waals surface area (Å²) in [7, 11) is 1.68. The van der Waals surface area contributed by atoms with Crippen LogP contribution in [0.1, 0.15) is 54.6 Å². The summed E-state index contributed by atoms with van der Waals surface area (Å²) in [6.45, 7) is 8.77. The van der Waals surface area contributed by atoms with Crippen molar-refractivity contribution in [1.82, 2.24) is 30.0 Å². The Kier molecular flexibility index (Phi) is 12.8. The molecule has 5 aliphatic rings. The van der Waals surface area contributed by atoms with E-state index >= 15 is 0 Å². The Hall–Kier alpha value is -7.18. The van der Waals surface area contributed by atoms with Gasteiger partial charge in [-0.2, -0.15) is 0 Å². The summed E-state index contributed by atoms with van der Waals surface area (Å²) >= 11 is 0. The average molecular weight is 939 g/mol. The normalized spacial score (nSPS) is 19.5. The number of carbonyl (C=O) groups is 5. The SMILES string of the molecule is COc1cc2c(Oc3ccc(NC(=O)C4(C(=O)Nc5ccc(F)cc5)CC4)cc3)ccnc2cc1N1CCC(CN2CCN(CCNc3cnc4c(c3)C(=O)N(C3CCC(=O)NC3=O)C4)CC2)CC1. The number of benzene rings is 3. The Morgan fingerprint density at radius 3 is 2.19 bits per heavy atom. The van der Waals surface area contributed by atoms with Gasteiger partial charge in [-0.3, -0.25) is 44.2 Å². The standard InChI is InChI=1S/C51H55FN10O7/c1-68-45-27-38-40(54-17-12-44(38)69-37-8-6-35(7-9-37)57-50(67)51(15-16-51)49(66)56-34-4-2-33(52)3-5-34)28-43(45)61-19-13-32(14-20-61)30-60-24-22-59(23-25-60)21-18-53-36-26-39-41(55-29-36)31-62(48(39)65)42-10-11-46(63)58-47(42)64/h2-9,12,17,26-29,32,42,53H,10-11,13-16,18-25,30-31H2,1H3,(H,56,66)(H,57,67)(H,58,63,64). The van der Waals surface area contributed by atoms with Gasteiger partial charge in [0.15, 0.2) is 0 Å². The third kappa shape index (κ3) is 9.90. The fourth-order valence-corrected chi connectivity index (χ4v) is 9.88. The Balaban J connectivity index is 0.669. The van der Waals surface area contributed by atoms with E-state index in [1.807, 2.05) is 18.2 Å². The second-order valence-electron chi connectivity index (χ2n) is 18.6. The number of methoxy groups -OCH3 is 1. The van der Waals surface area contributed by atoms with Crippen molar-refractivity contribution in [2.45, 2.75) is 51.1 Å². The smallest absolute Gasteiger partial charge is 0.256 e. The van der Waals surface area contributed by atoms with Gasteiger partial charge in [-0.1, -0.05) is 0 Å². The van der Waals surface area contributed by atoms with Crippen molar-refractivity contribution in [2.24, 2.45) is 11.3 Å². The number of nitrogens with one attached hydrogen (secondary N) is 4. The minimum absolute atomic E-state index is 0.219. The van der Waals surface area contributed by atoms with Crippen LogP contribution in [0.3, 0.4) is 0 Å². The van der Waals surface area contributed by atoms with Crippen molar-refractivity contribution in [3.05, 3.63) is 102 Å². The highest BCUT2D eigenvalue weighted by molar-refractivity contribution is 6.17. The maximum Gasteiger partial charge on any atom is 0.256 e. The lowest BCUT2D eigenvalue weighted by Crippen LogP contribution is -2.52. The second kappa shape index (κ2) is 19.4. The second-order valence-corrected chi connectivity index (χ2v) is 18.6. The van der Waals surface area contributed by atoms with Crippen molar-refractivity contribution in [3.63, 3.8) is 0 Å². The highest BCUT2D eigenvalue weighted by Gasteiger charge is 2.56. The summed E-state index contributed by atoms with van der Waals surface area (Å²) < 4.78 is 25.6. The molecule has 1 unspecified atom stereocenters. The molecule has 3 saturated heterocycles. The first-order chi connectivity index (χ1) is 33.5. The number of hydrogen-bond donors (Lipinski definition) is 4. The number of anilines is 4. The van der Waals surface area contributed by atoms with Gasteiger partial charge in [-0.15, -0.1) is 0 Å². The van der Waals surface area contributed by atoms with E-state index in [1.54, 1.807) is 43.8 Å². The average Bonchev–Trinajstić information content (AvgIpc) is 4.12. The topological polar surface area (TPSA) is 191 Å². The molecule has 4 aliphatic heterocycles. The molecule has 17 nitrogen and oxygen atoms in total. The first-order valence-electron chi connectivity index (χ1n) is 23.7. The van der Waals surface area contributed by atoms with Crippen LogP contribution in [0.5, 0.6) is 17.2 Å². The zero-order valence-electron chi connectivity index (χ0n) is 38.5. The Bertz CT molecular complexity index is 2770. The largest absolute Gasteiger partial charge is 0.495 e. The number of aromatic nitrogens is 2. The van der Waals surface area contributed by atoms with E-state index in [0.29, 0.717) is 59.3 Å². The third-order valence-electron chi connectivity index (χ3n) is 14.1. The number of piperazine rings is 1. The molecule has 0 spiro atoms. The molecule has 1 aliphatic carbocycles. The molecule has 18 heteroatoms. The molecule has 1 saturated carbocycles. The molecule has 2 aromatic heterocycles. The molecule has 10 rings (SSSR count). The van der Waals surface area contributed by atoms with E-state index in [-0.39, 0.29) is 24.8 Å². The van der Waals surface area contributed by atoms with E-state index < -0.39 is 35.0 Å². The van der Waals surface area contributed by atoms with Crippen LogP contribution in [0.15, 0.2) is 85.2 Å². The lowest BCUT2D eigenvalue weighted by Gasteiger charge is -2.39. The van der Waals surface area contributed by atoms with Gasteiger partial charge in [0.2, 0.25) is 23.6 Å². The van der Waals surface area contributed by atoms with Crippen LogP contribution in [-0.4, -0.2) is 126 Å². The van der Waals surface area contributed by atoms with Crippen LogP contribution in [0.25, 0.3) is 10.9 Å². The van der Waals surface area contributed by atoms with Crippen LogP contribution in [0.4, 0.5) is 27.1 Å². The van der Waals surface area contributed by atoms with Crippen molar-refractivity contribution in [2.75, 3.05) is 86.9 Å². The molecule has 6 heterocycles. The number of imide groups is 1. The number of fused-ring (bicyclic) bond motifs is 2. The molecule has 0 bridgehead atoms. The summed E-state index contributed by atoms with van der Waals surface area (Å²) in [6, 6.07) is 19.5. The van der Waals surface area contributed by atoms with Crippen molar-refractivity contribution < 1.29 is 37.8 Å². The Morgan fingerprint density at radius 1 is 0.812 bits per heavy atom. The quantitative estimate of drug-likeness (QED) is 0.0747. The fourth-order valence-electron chi connectivity index (χ4n) is 9.88. The third-order valence-corrected chi connectivity index (χ3v) is 14.1. The van der Waals surface area contributed by atoms with Gasteiger partial charge in [0.05, 0.1) is 48.0 Å². The molecular formula is C51H55FN10O7. The van der Waals surface area contributed by atoms with Crippen LogP contribution >= 0.6 is 0 Å². The number of amides is 5. The van der Waals surface area contributed by atoms with Crippen LogP contribution < -0.4 is 35.6 Å². The van der Waals surface area contributed by atoms with Crippen LogP contribution in [-0.2, 0) is 25.7 Å². The summed E-state index contributed by atoms with van der Waals surface area (Å²) in [6.07, 6.45) is 7.02. The van der Waals surface area contributed by atoms with Crippen LogP contribution in [0.2, 0.25) is 0 Å². The molecule has 358 valence electrons. The lowest BCUT2D eigenvalue weighted by molar-refractivity contribution is -0.137. The predicted molar refractivity (Wildman–Crippen MR) is 257 cm³/mol. The van der Waals surface area contributed by atoms with Crippen molar-refractivity contribution in [1.29, 1.82) is 0 Å². The zero-order valence-corrected chi connectivity index (χ0v) is 38.5. The van der Waals surface area contributed by atoms with E-state index in [9.17, 15) is 28.4 Å². The van der Waals surface area contributed by atoms with E-state index in [2.05, 4.69) is 47.0 Å². The first kappa shape index (κ1) is 45.6. The molecule has 4 fully saturated rings. The predicted octanol–water partition coefficient (Wildman–Crippen LogP) is 5.63. The molecule has 4 N–H and O–H groups in total. The lowest BCUT2D eigenvalue weighted by atomic mass is 9.95. The molecule has 69 heavy (non-hydrogen) atoms. The van der Waals surface area contributed by atoms with Crippen LogP contribution in [0, 0.1) is 17.2 Å². The van der Waals surface area contributed by atoms with Gasteiger partial charge in [0, 0.05) is 88.3 Å². The molecule has 5 amide bonds. The van der Waals surface area contributed by atoms with Gasteiger partial charge in [0.1, 0.15) is 34.5 Å². The number of nitrogens with zero attached hydrogens (tertiary/aromatic N) is 6. The maximum absolute atomic E-state index is 13.3.